The SMILES string of the molecule is CCCCN(CCO)C(=O)CCN1CCCC1. The van der Waals surface area contributed by atoms with E-state index in [1.54, 1.807) is 4.90 Å². The topological polar surface area (TPSA) is 43.8 Å². The average molecular weight is 242 g/mol. The van der Waals surface area contributed by atoms with Crippen LogP contribution < -0.4 is 0 Å². The van der Waals surface area contributed by atoms with Gasteiger partial charge in [-0.15, -0.1) is 0 Å². The van der Waals surface area contributed by atoms with E-state index >= 15 is 0 Å². The lowest BCUT2D eigenvalue weighted by atomic mass is 10.2. The summed E-state index contributed by atoms with van der Waals surface area (Å²) in [6.07, 6.45) is 5.25. The molecule has 0 atom stereocenters. The first-order chi connectivity index (χ1) is 8.27. The van der Waals surface area contributed by atoms with Crippen molar-refractivity contribution in [2.45, 2.75) is 39.0 Å². The van der Waals surface area contributed by atoms with Crippen molar-refractivity contribution in [2.75, 3.05) is 39.3 Å². The van der Waals surface area contributed by atoms with Gasteiger partial charge in [-0.25, -0.2) is 0 Å². The number of unbranched alkanes of at least 4 members (excludes halogenated alkanes) is 1. The Morgan fingerprint density at radius 1 is 1.29 bits per heavy atom. The zero-order valence-electron chi connectivity index (χ0n) is 11.0. The van der Waals surface area contributed by atoms with Crippen LogP contribution in [0.4, 0.5) is 0 Å². The molecular weight excluding hydrogens is 216 g/mol. The molecule has 4 heteroatoms. The molecule has 0 saturated carbocycles. The molecule has 0 aromatic carbocycles. The van der Waals surface area contributed by atoms with Gasteiger partial charge < -0.3 is 14.9 Å². The summed E-state index contributed by atoms with van der Waals surface area (Å²) in [4.78, 5) is 16.1. The molecule has 0 aromatic heterocycles. The van der Waals surface area contributed by atoms with Crippen LogP contribution in [0.3, 0.4) is 0 Å². The van der Waals surface area contributed by atoms with Gasteiger partial charge in [0.2, 0.25) is 5.91 Å². The molecule has 0 spiro atoms. The zero-order chi connectivity index (χ0) is 12.5. The highest BCUT2D eigenvalue weighted by molar-refractivity contribution is 5.76. The summed E-state index contributed by atoms with van der Waals surface area (Å²) in [6.45, 7) is 6.62. The number of hydrogen-bond donors (Lipinski definition) is 1. The molecule has 4 nitrogen and oxygen atoms in total. The van der Waals surface area contributed by atoms with Crippen LogP contribution in [-0.2, 0) is 4.79 Å². The summed E-state index contributed by atoms with van der Waals surface area (Å²) in [5.74, 6) is 0.194. The van der Waals surface area contributed by atoms with Crippen LogP contribution in [0.15, 0.2) is 0 Å². The number of likely N-dealkylation sites (tertiary alicyclic amines) is 1. The second kappa shape index (κ2) is 8.48. The minimum atomic E-state index is 0.0686. The number of aliphatic hydroxyl groups excluding tert-OH is 1. The van der Waals surface area contributed by atoms with Crippen molar-refractivity contribution in [2.24, 2.45) is 0 Å². The Morgan fingerprint density at radius 3 is 2.59 bits per heavy atom. The van der Waals surface area contributed by atoms with Crippen molar-refractivity contribution in [1.29, 1.82) is 0 Å². The normalized spacial score (nSPS) is 16.4. The van der Waals surface area contributed by atoms with E-state index in [2.05, 4.69) is 11.8 Å². The molecule has 1 amide bonds. The minimum absolute atomic E-state index is 0.0686. The fraction of sp³-hybridized carbons (Fsp3) is 0.923. The number of aliphatic hydroxyl groups is 1. The first kappa shape index (κ1) is 14.5. The summed E-state index contributed by atoms with van der Waals surface area (Å²) < 4.78 is 0. The molecule has 0 aliphatic carbocycles. The second-order valence-electron chi connectivity index (χ2n) is 4.76. The van der Waals surface area contributed by atoms with Crippen molar-refractivity contribution in [1.82, 2.24) is 9.80 Å². The van der Waals surface area contributed by atoms with Gasteiger partial charge in [0.1, 0.15) is 0 Å². The van der Waals surface area contributed by atoms with Gasteiger partial charge >= 0.3 is 0 Å². The van der Waals surface area contributed by atoms with Gasteiger partial charge in [-0.05, 0) is 32.4 Å². The number of carbonyl (C=O) groups excluding carboxylic acids is 1. The predicted molar refractivity (Wildman–Crippen MR) is 68.9 cm³/mol. The largest absolute Gasteiger partial charge is 0.395 e. The first-order valence-electron chi connectivity index (χ1n) is 6.89. The molecule has 1 N–H and O–H groups in total. The summed E-state index contributed by atoms with van der Waals surface area (Å²) in [5, 5.41) is 8.96. The quantitative estimate of drug-likeness (QED) is 0.693. The van der Waals surface area contributed by atoms with E-state index in [0.717, 1.165) is 39.0 Å². The lowest BCUT2D eigenvalue weighted by Crippen LogP contribution is -2.36. The van der Waals surface area contributed by atoms with Crippen LogP contribution in [0.1, 0.15) is 39.0 Å². The van der Waals surface area contributed by atoms with Gasteiger partial charge in [0.25, 0.3) is 0 Å². The number of hydrogen-bond acceptors (Lipinski definition) is 3. The Bertz CT molecular complexity index is 215. The monoisotopic (exact) mass is 242 g/mol. The van der Waals surface area contributed by atoms with Gasteiger partial charge in [-0.2, -0.15) is 0 Å². The third-order valence-corrected chi connectivity index (χ3v) is 3.34. The smallest absolute Gasteiger partial charge is 0.223 e. The first-order valence-corrected chi connectivity index (χ1v) is 6.89. The molecule has 0 bridgehead atoms. The van der Waals surface area contributed by atoms with Crippen LogP contribution in [0.5, 0.6) is 0 Å². The van der Waals surface area contributed by atoms with Gasteiger partial charge in [-0.1, -0.05) is 13.3 Å². The second-order valence-corrected chi connectivity index (χ2v) is 4.76. The van der Waals surface area contributed by atoms with E-state index in [9.17, 15) is 4.79 Å². The Labute approximate surface area is 105 Å². The summed E-state index contributed by atoms with van der Waals surface area (Å²) >= 11 is 0. The highest BCUT2D eigenvalue weighted by Crippen LogP contribution is 2.08. The Balaban J connectivity index is 2.24. The van der Waals surface area contributed by atoms with Crippen molar-refractivity contribution in [3.05, 3.63) is 0 Å². The summed E-state index contributed by atoms with van der Waals surface area (Å²) in [7, 11) is 0. The molecule has 0 aromatic rings. The maximum atomic E-state index is 12.0. The molecule has 1 fully saturated rings. The Kier molecular flexibility index (Phi) is 7.21. The van der Waals surface area contributed by atoms with Gasteiger partial charge in [0, 0.05) is 26.1 Å². The van der Waals surface area contributed by atoms with Crippen LogP contribution in [0, 0.1) is 0 Å². The number of amides is 1. The lowest BCUT2D eigenvalue weighted by Gasteiger charge is -2.23. The average Bonchev–Trinajstić information content (AvgIpc) is 2.84. The number of rotatable bonds is 8. The van der Waals surface area contributed by atoms with Crippen LogP contribution in [0.25, 0.3) is 0 Å². The Hall–Kier alpha value is -0.610. The summed E-state index contributed by atoms with van der Waals surface area (Å²) in [5.41, 5.74) is 0. The maximum Gasteiger partial charge on any atom is 0.223 e. The maximum absolute atomic E-state index is 12.0. The van der Waals surface area contributed by atoms with Crippen molar-refractivity contribution in [3.63, 3.8) is 0 Å². The Morgan fingerprint density at radius 2 is 2.00 bits per heavy atom. The molecule has 17 heavy (non-hydrogen) atoms. The van der Waals surface area contributed by atoms with Crippen molar-refractivity contribution >= 4 is 5.91 Å². The third kappa shape index (κ3) is 5.50. The van der Waals surface area contributed by atoms with Crippen LogP contribution in [-0.4, -0.2) is 60.1 Å². The van der Waals surface area contributed by atoms with Crippen LogP contribution >= 0.6 is 0 Å². The van der Waals surface area contributed by atoms with Crippen molar-refractivity contribution < 1.29 is 9.90 Å². The number of carbonyl (C=O) groups is 1. The highest BCUT2D eigenvalue weighted by Gasteiger charge is 2.16. The van der Waals surface area contributed by atoms with Crippen LogP contribution in [0.2, 0.25) is 0 Å². The zero-order valence-corrected chi connectivity index (χ0v) is 11.0. The van der Waals surface area contributed by atoms with E-state index in [-0.39, 0.29) is 12.5 Å². The fourth-order valence-electron chi connectivity index (χ4n) is 2.25. The third-order valence-electron chi connectivity index (χ3n) is 3.34. The number of nitrogens with zero attached hydrogens (tertiary/aromatic N) is 2. The molecule has 0 radical (unpaired) electrons. The van der Waals surface area contributed by atoms with E-state index < -0.39 is 0 Å². The van der Waals surface area contributed by atoms with Gasteiger partial charge in [0.15, 0.2) is 0 Å². The molecular formula is C13H26N2O2. The lowest BCUT2D eigenvalue weighted by molar-refractivity contribution is -0.132. The molecule has 1 aliphatic heterocycles. The van der Waals surface area contributed by atoms with E-state index in [4.69, 9.17) is 5.11 Å². The molecule has 1 aliphatic rings. The highest BCUT2D eigenvalue weighted by atomic mass is 16.3. The van der Waals surface area contributed by atoms with Crippen molar-refractivity contribution in [3.8, 4) is 0 Å². The van der Waals surface area contributed by atoms with E-state index in [1.165, 1.54) is 12.8 Å². The fourth-order valence-corrected chi connectivity index (χ4v) is 2.25. The molecule has 1 saturated heterocycles. The molecule has 1 rings (SSSR count). The minimum Gasteiger partial charge on any atom is -0.395 e. The van der Waals surface area contributed by atoms with Gasteiger partial charge in [-0.3, -0.25) is 4.79 Å². The molecule has 1 heterocycles. The van der Waals surface area contributed by atoms with E-state index in [1.807, 2.05) is 0 Å². The molecule has 100 valence electrons. The van der Waals surface area contributed by atoms with E-state index in [0.29, 0.717) is 13.0 Å². The summed E-state index contributed by atoms with van der Waals surface area (Å²) in [6, 6.07) is 0. The predicted octanol–water partition coefficient (Wildman–Crippen LogP) is 1.09. The molecule has 0 unspecified atom stereocenters. The standard InChI is InChI=1S/C13H26N2O2/c1-2-3-9-15(11-12-16)13(17)6-10-14-7-4-5-8-14/h16H,2-12H2,1H3. The van der Waals surface area contributed by atoms with Gasteiger partial charge in [0.05, 0.1) is 6.61 Å².